The lowest BCUT2D eigenvalue weighted by Gasteiger charge is -2.38. The predicted molar refractivity (Wildman–Crippen MR) is 85.6 cm³/mol. The van der Waals surface area contributed by atoms with Gasteiger partial charge in [0.15, 0.2) is 0 Å². The fraction of sp³-hybridized carbons (Fsp3) is 1.00. The van der Waals surface area contributed by atoms with Crippen LogP contribution < -0.4 is 5.32 Å². The third-order valence-corrected chi connectivity index (χ3v) is 4.33. The Labute approximate surface area is 121 Å². The highest BCUT2D eigenvalue weighted by Gasteiger charge is 2.32. The molecule has 0 unspecified atom stereocenters. The van der Waals surface area contributed by atoms with Gasteiger partial charge >= 0.3 is 0 Å². The normalized spacial score (nSPS) is 20.2. The Morgan fingerprint density at radius 3 is 2.05 bits per heavy atom. The number of hydrogen-bond acceptors (Lipinski definition) is 2. The van der Waals surface area contributed by atoms with Gasteiger partial charge in [0.05, 0.1) is 0 Å². The van der Waals surface area contributed by atoms with Crippen molar-refractivity contribution in [3.05, 3.63) is 0 Å². The van der Waals surface area contributed by atoms with Crippen molar-refractivity contribution in [3.8, 4) is 0 Å². The highest BCUT2D eigenvalue weighted by atomic mass is 15.1. The average molecular weight is 268 g/mol. The Hall–Kier alpha value is -0.0800. The fourth-order valence-electron chi connectivity index (χ4n) is 3.55. The van der Waals surface area contributed by atoms with Crippen LogP contribution in [0.25, 0.3) is 0 Å². The molecule has 114 valence electrons. The fourth-order valence-corrected chi connectivity index (χ4v) is 3.55. The van der Waals surface area contributed by atoms with Gasteiger partial charge in [-0.1, -0.05) is 53.4 Å². The minimum atomic E-state index is 0.518. The molecule has 1 fully saturated rings. The first-order valence-electron chi connectivity index (χ1n) is 8.35. The molecule has 0 aliphatic heterocycles. The smallest absolute Gasteiger partial charge is 0.00472 e. The largest absolute Gasteiger partial charge is 0.314 e. The van der Waals surface area contributed by atoms with Crippen molar-refractivity contribution in [1.29, 1.82) is 0 Å². The van der Waals surface area contributed by atoms with Crippen LogP contribution in [0.4, 0.5) is 0 Å². The monoisotopic (exact) mass is 268 g/mol. The molecule has 0 bridgehead atoms. The molecule has 1 N–H and O–H groups in total. The molecule has 1 aliphatic carbocycles. The van der Waals surface area contributed by atoms with Crippen molar-refractivity contribution < 1.29 is 0 Å². The SMILES string of the molecule is CC(C)CN(C)CC1(CNC(C)C)CCCCCC1. The molecule has 1 saturated carbocycles. The standard InChI is InChI=1S/C17H36N2/c1-15(2)12-19(5)14-17(13-18-16(3)4)10-8-6-7-9-11-17/h15-16,18H,6-14H2,1-5H3. The average Bonchev–Trinajstić information content (AvgIpc) is 2.51. The molecule has 0 amide bonds. The minimum absolute atomic E-state index is 0.518. The molecule has 0 aromatic carbocycles. The second-order valence-corrected chi connectivity index (χ2v) is 7.54. The molecule has 19 heavy (non-hydrogen) atoms. The van der Waals surface area contributed by atoms with E-state index in [4.69, 9.17) is 0 Å². The molecule has 0 spiro atoms. The summed E-state index contributed by atoms with van der Waals surface area (Å²) in [7, 11) is 2.31. The second-order valence-electron chi connectivity index (χ2n) is 7.54. The summed E-state index contributed by atoms with van der Waals surface area (Å²) in [5.41, 5.74) is 0.518. The molecule has 0 aromatic heterocycles. The van der Waals surface area contributed by atoms with Crippen molar-refractivity contribution in [3.63, 3.8) is 0 Å². The van der Waals surface area contributed by atoms with Crippen LogP contribution in [0.5, 0.6) is 0 Å². The molecular weight excluding hydrogens is 232 g/mol. The molecule has 1 aliphatic rings. The summed E-state index contributed by atoms with van der Waals surface area (Å²) >= 11 is 0. The van der Waals surface area contributed by atoms with Crippen molar-refractivity contribution >= 4 is 0 Å². The maximum atomic E-state index is 3.72. The quantitative estimate of drug-likeness (QED) is 0.704. The zero-order valence-corrected chi connectivity index (χ0v) is 14.0. The van der Waals surface area contributed by atoms with Crippen LogP contribution in [0.15, 0.2) is 0 Å². The summed E-state index contributed by atoms with van der Waals surface area (Å²) in [6.07, 6.45) is 8.56. The molecule has 0 atom stereocenters. The van der Waals surface area contributed by atoms with Crippen LogP contribution in [0.1, 0.15) is 66.2 Å². The summed E-state index contributed by atoms with van der Waals surface area (Å²) in [6.45, 7) is 12.9. The second kappa shape index (κ2) is 8.26. The Balaban J connectivity index is 2.61. The Bertz CT molecular complexity index is 227. The van der Waals surface area contributed by atoms with E-state index in [1.54, 1.807) is 0 Å². The third kappa shape index (κ3) is 6.76. The molecule has 0 radical (unpaired) electrons. The van der Waals surface area contributed by atoms with E-state index in [1.807, 2.05) is 0 Å². The van der Waals surface area contributed by atoms with Gasteiger partial charge in [-0.05, 0) is 31.2 Å². The Morgan fingerprint density at radius 2 is 1.58 bits per heavy atom. The van der Waals surface area contributed by atoms with Crippen LogP contribution >= 0.6 is 0 Å². The van der Waals surface area contributed by atoms with E-state index in [9.17, 15) is 0 Å². The van der Waals surface area contributed by atoms with Crippen molar-refractivity contribution in [2.45, 2.75) is 72.3 Å². The number of hydrogen-bond donors (Lipinski definition) is 1. The topological polar surface area (TPSA) is 15.3 Å². The van der Waals surface area contributed by atoms with Gasteiger partial charge in [0.25, 0.3) is 0 Å². The van der Waals surface area contributed by atoms with Crippen LogP contribution in [0.2, 0.25) is 0 Å². The van der Waals surface area contributed by atoms with Crippen molar-refractivity contribution in [1.82, 2.24) is 10.2 Å². The predicted octanol–water partition coefficient (Wildman–Crippen LogP) is 3.91. The van der Waals surface area contributed by atoms with E-state index in [-0.39, 0.29) is 0 Å². The van der Waals surface area contributed by atoms with E-state index >= 15 is 0 Å². The number of rotatable bonds is 7. The Kier molecular flexibility index (Phi) is 7.38. The lowest BCUT2D eigenvalue weighted by atomic mass is 9.79. The maximum absolute atomic E-state index is 3.72. The first kappa shape index (κ1) is 17.0. The van der Waals surface area contributed by atoms with Gasteiger partial charge in [-0.25, -0.2) is 0 Å². The Morgan fingerprint density at radius 1 is 1.00 bits per heavy atom. The van der Waals surface area contributed by atoms with Gasteiger partial charge in [0, 0.05) is 25.7 Å². The summed E-state index contributed by atoms with van der Waals surface area (Å²) in [6, 6.07) is 0.607. The van der Waals surface area contributed by atoms with E-state index in [2.05, 4.69) is 45.0 Å². The minimum Gasteiger partial charge on any atom is -0.314 e. The zero-order valence-electron chi connectivity index (χ0n) is 14.0. The summed E-state index contributed by atoms with van der Waals surface area (Å²) < 4.78 is 0. The van der Waals surface area contributed by atoms with E-state index in [0.29, 0.717) is 11.5 Å². The summed E-state index contributed by atoms with van der Waals surface area (Å²) in [4.78, 5) is 2.57. The van der Waals surface area contributed by atoms with Gasteiger partial charge < -0.3 is 10.2 Å². The van der Waals surface area contributed by atoms with Crippen LogP contribution in [-0.2, 0) is 0 Å². The van der Waals surface area contributed by atoms with Crippen LogP contribution in [0.3, 0.4) is 0 Å². The van der Waals surface area contributed by atoms with E-state index in [1.165, 1.54) is 58.2 Å². The lowest BCUT2D eigenvalue weighted by Crippen LogP contribution is -2.45. The number of nitrogens with one attached hydrogen (secondary N) is 1. The molecule has 2 nitrogen and oxygen atoms in total. The first-order valence-corrected chi connectivity index (χ1v) is 8.35. The zero-order chi connectivity index (χ0) is 14.3. The number of nitrogens with zero attached hydrogens (tertiary/aromatic N) is 1. The molecular formula is C17H36N2. The molecule has 0 aromatic rings. The third-order valence-electron chi connectivity index (χ3n) is 4.33. The van der Waals surface area contributed by atoms with Gasteiger partial charge in [-0.3, -0.25) is 0 Å². The van der Waals surface area contributed by atoms with Crippen molar-refractivity contribution in [2.75, 3.05) is 26.7 Å². The summed E-state index contributed by atoms with van der Waals surface area (Å²) in [5, 5.41) is 3.72. The van der Waals surface area contributed by atoms with Crippen molar-refractivity contribution in [2.24, 2.45) is 11.3 Å². The molecule has 1 rings (SSSR count). The molecule has 2 heteroatoms. The van der Waals surface area contributed by atoms with E-state index < -0.39 is 0 Å². The lowest BCUT2D eigenvalue weighted by molar-refractivity contribution is 0.135. The maximum Gasteiger partial charge on any atom is 0.00472 e. The molecule has 0 heterocycles. The highest BCUT2D eigenvalue weighted by Crippen LogP contribution is 2.35. The molecule has 0 saturated heterocycles. The van der Waals surface area contributed by atoms with Gasteiger partial charge in [-0.2, -0.15) is 0 Å². The van der Waals surface area contributed by atoms with Gasteiger partial charge in [0.1, 0.15) is 0 Å². The van der Waals surface area contributed by atoms with Crippen LogP contribution in [0, 0.1) is 11.3 Å². The van der Waals surface area contributed by atoms with Gasteiger partial charge in [0.2, 0.25) is 0 Å². The van der Waals surface area contributed by atoms with E-state index in [0.717, 1.165) is 5.92 Å². The first-order chi connectivity index (χ1) is 8.93. The van der Waals surface area contributed by atoms with Gasteiger partial charge in [-0.15, -0.1) is 0 Å². The van der Waals surface area contributed by atoms with Crippen LogP contribution in [-0.4, -0.2) is 37.6 Å². The highest BCUT2D eigenvalue weighted by molar-refractivity contribution is 4.87. The summed E-state index contributed by atoms with van der Waals surface area (Å²) in [5.74, 6) is 0.769.